The molecule has 1 atom stereocenters. The van der Waals surface area contributed by atoms with Gasteiger partial charge in [-0.15, -0.1) is 0 Å². The standard InChI is InChI=1S/C14H20BrN3O/c15-10-7-13(18(9-10)12-4-5-12)14(19)17-11-3-1-2-6-16-8-11/h7,9,11-12,16H,1-6,8H2,(H,17,19). The van der Waals surface area contributed by atoms with Gasteiger partial charge < -0.3 is 15.2 Å². The third-order valence-corrected chi connectivity index (χ3v) is 4.30. The maximum absolute atomic E-state index is 12.4. The maximum atomic E-state index is 12.4. The van der Waals surface area contributed by atoms with Crippen molar-refractivity contribution < 1.29 is 4.79 Å². The maximum Gasteiger partial charge on any atom is 0.268 e. The predicted octanol–water partition coefficient (Wildman–Crippen LogP) is 2.46. The van der Waals surface area contributed by atoms with E-state index in [9.17, 15) is 4.79 Å². The Morgan fingerprint density at radius 3 is 3.00 bits per heavy atom. The first-order valence-electron chi connectivity index (χ1n) is 7.13. The van der Waals surface area contributed by atoms with Crippen LogP contribution in [0.25, 0.3) is 0 Å². The van der Waals surface area contributed by atoms with Crippen LogP contribution in [0.5, 0.6) is 0 Å². The van der Waals surface area contributed by atoms with E-state index in [4.69, 9.17) is 0 Å². The molecule has 1 saturated heterocycles. The van der Waals surface area contributed by atoms with Crippen LogP contribution in [0.2, 0.25) is 0 Å². The number of hydrogen-bond acceptors (Lipinski definition) is 2. The zero-order valence-electron chi connectivity index (χ0n) is 11.0. The van der Waals surface area contributed by atoms with E-state index < -0.39 is 0 Å². The average Bonchev–Trinajstić information content (AvgIpc) is 3.17. The lowest BCUT2D eigenvalue weighted by atomic mass is 10.1. The summed E-state index contributed by atoms with van der Waals surface area (Å²) >= 11 is 3.47. The van der Waals surface area contributed by atoms with Crippen molar-refractivity contribution in [2.75, 3.05) is 13.1 Å². The Morgan fingerprint density at radius 2 is 2.21 bits per heavy atom. The molecule has 5 heteroatoms. The number of aromatic nitrogens is 1. The number of carbonyl (C=O) groups is 1. The molecular formula is C14H20BrN3O. The molecule has 0 spiro atoms. The van der Waals surface area contributed by atoms with E-state index in [0.717, 1.165) is 29.7 Å². The fraction of sp³-hybridized carbons (Fsp3) is 0.643. The highest BCUT2D eigenvalue weighted by atomic mass is 79.9. The Bertz CT molecular complexity index is 459. The number of rotatable bonds is 3. The van der Waals surface area contributed by atoms with E-state index in [1.165, 1.54) is 25.7 Å². The van der Waals surface area contributed by atoms with Crippen LogP contribution in [0.1, 0.15) is 48.6 Å². The van der Waals surface area contributed by atoms with Gasteiger partial charge in [0.05, 0.1) is 0 Å². The molecule has 2 aliphatic rings. The molecule has 1 aromatic heterocycles. The summed E-state index contributed by atoms with van der Waals surface area (Å²) in [7, 11) is 0. The van der Waals surface area contributed by atoms with E-state index in [2.05, 4.69) is 31.1 Å². The highest BCUT2D eigenvalue weighted by molar-refractivity contribution is 9.10. The molecular weight excluding hydrogens is 306 g/mol. The van der Waals surface area contributed by atoms with Gasteiger partial charge in [0, 0.05) is 29.3 Å². The van der Waals surface area contributed by atoms with Crippen molar-refractivity contribution in [3.8, 4) is 0 Å². The van der Waals surface area contributed by atoms with Gasteiger partial charge in [-0.1, -0.05) is 6.42 Å². The summed E-state index contributed by atoms with van der Waals surface area (Å²) in [6.07, 6.45) is 7.86. The zero-order chi connectivity index (χ0) is 13.2. The fourth-order valence-electron chi connectivity index (χ4n) is 2.68. The lowest BCUT2D eigenvalue weighted by Gasteiger charge is -2.17. The number of nitrogens with one attached hydrogen (secondary N) is 2. The van der Waals surface area contributed by atoms with Crippen molar-refractivity contribution >= 4 is 21.8 Å². The van der Waals surface area contributed by atoms with Crippen molar-refractivity contribution in [3.05, 3.63) is 22.4 Å². The van der Waals surface area contributed by atoms with Crippen molar-refractivity contribution in [1.82, 2.24) is 15.2 Å². The number of carbonyl (C=O) groups excluding carboxylic acids is 1. The number of hydrogen-bond donors (Lipinski definition) is 2. The van der Waals surface area contributed by atoms with Gasteiger partial charge in [-0.25, -0.2) is 0 Å². The molecule has 4 nitrogen and oxygen atoms in total. The molecule has 2 heterocycles. The molecule has 19 heavy (non-hydrogen) atoms. The minimum absolute atomic E-state index is 0.0614. The second kappa shape index (κ2) is 5.67. The van der Waals surface area contributed by atoms with Crippen LogP contribution in [-0.2, 0) is 0 Å². The molecule has 2 N–H and O–H groups in total. The summed E-state index contributed by atoms with van der Waals surface area (Å²) in [5.74, 6) is 0.0614. The average molecular weight is 326 g/mol. The Morgan fingerprint density at radius 1 is 1.37 bits per heavy atom. The second-order valence-corrected chi connectivity index (χ2v) is 6.47. The molecule has 1 saturated carbocycles. The molecule has 2 fully saturated rings. The molecule has 0 radical (unpaired) electrons. The first-order valence-corrected chi connectivity index (χ1v) is 7.92. The molecule has 0 aromatic carbocycles. The predicted molar refractivity (Wildman–Crippen MR) is 78.4 cm³/mol. The van der Waals surface area contributed by atoms with Gasteiger partial charge in [0.2, 0.25) is 0 Å². The van der Waals surface area contributed by atoms with Gasteiger partial charge in [-0.3, -0.25) is 4.79 Å². The van der Waals surface area contributed by atoms with Crippen LogP contribution < -0.4 is 10.6 Å². The smallest absolute Gasteiger partial charge is 0.268 e. The minimum Gasteiger partial charge on any atom is -0.347 e. The van der Waals surface area contributed by atoms with Gasteiger partial charge in [0.25, 0.3) is 5.91 Å². The SMILES string of the molecule is O=C(NC1CCCCNC1)c1cc(Br)cn1C1CC1. The third-order valence-electron chi connectivity index (χ3n) is 3.87. The summed E-state index contributed by atoms with van der Waals surface area (Å²) in [4.78, 5) is 12.4. The lowest BCUT2D eigenvalue weighted by molar-refractivity contribution is 0.0926. The quantitative estimate of drug-likeness (QED) is 0.896. The Kier molecular flexibility index (Phi) is 3.93. The van der Waals surface area contributed by atoms with Crippen molar-refractivity contribution in [3.63, 3.8) is 0 Å². The summed E-state index contributed by atoms with van der Waals surface area (Å²) < 4.78 is 3.10. The summed E-state index contributed by atoms with van der Waals surface area (Å²) in [6.45, 7) is 1.95. The van der Waals surface area contributed by atoms with Crippen molar-refractivity contribution in [2.24, 2.45) is 0 Å². The van der Waals surface area contributed by atoms with Gasteiger partial charge in [-0.05, 0) is 54.2 Å². The van der Waals surface area contributed by atoms with E-state index in [1.807, 2.05) is 12.3 Å². The summed E-state index contributed by atoms with van der Waals surface area (Å²) in [5, 5.41) is 6.55. The van der Waals surface area contributed by atoms with Gasteiger partial charge in [-0.2, -0.15) is 0 Å². The van der Waals surface area contributed by atoms with Gasteiger partial charge in [0.1, 0.15) is 5.69 Å². The van der Waals surface area contributed by atoms with Crippen LogP contribution in [0.15, 0.2) is 16.7 Å². The van der Waals surface area contributed by atoms with Crippen molar-refractivity contribution in [1.29, 1.82) is 0 Å². The highest BCUT2D eigenvalue weighted by Gasteiger charge is 2.28. The number of nitrogens with zero attached hydrogens (tertiary/aromatic N) is 1. The van der Waals surface area contributed by atoms with Crippen LogP contribution in [0.4, 0.5) is 0 Å². The molecule has 1 aliphatic carbocycles. The second-order valence-electron chi connectivity index (χ2n) is 5.55. The first kappa shape index (κ1) is 13.2. The largest absolute Gasteiger partial charge is 0.347 e. The molecule has 104 valence electrons. The van der Waals surface area contributed by atoms with Crippen LogP contribution in [-0.4, -0.2) is 29.6 Å². The minimum atomic E-state index is 0.0614. The number of amides is 1. The van der Waals surface area contributed by atoms with E-state index in [1.54, 1.807) is 0 Å². The molecule has 3 rings (SSSR count). The topological polar surface area (TPSA) is 46.1 Å². The van der Waals surface area contributed by atoms with Gasteiger partial charge in [0.15, 0.2) is 0 Å². The third kappa shape index (κ3) is 3.20. The summed E-state index contributed by atoms with van der Waals surface area (Å²) in [6, 6.07) is 2.72. The summed E-state index contributed by atoms with van der Waals surface area (Å²) in [5.41, 5.74) is 0.790. The van der Waals surface area contributed by atoms with Crippen LogP contribution >= 0.6 is 15.9 Å². The first-order chi connectivity index (χ1) is 9.24. The monoisotopic (exact) mass is 325 g/mol. The molecule has 1 amide bonds. The Hall–Kier alpha value is -0.810. The van der Waals surface area contributed by atoms with E-state index in [-0.39, 0.29) is 11.9 Å². The normalized spacial score (nSPS) is 23.9. The Balaban J connectivity index is 1.69. The molecule has 0 bridgehead atoms. The van der Waals surface area contributed by atoms with E-state index >= 15 is 0 Å². The Labute approximate surface area is 122 Å². The van der Waals surface area contributed by atoms with E-state index in [0.29, 0.717) is 6.04 Å². The molecule has 1 aromatic rings. The lowest BCUT2D eigenvalue weighted by Crippen LogP contribution is -2.41. The van der Waals surface area contributed by atoms with Crippen molar-refractivity contribution in [2.45, 2.75) is 44.2 Å². The van der Waals surface area contributed by atoms with Gasteiger partial charge >= 0.3 is 0 Å². The zero-order valence-corrected chi connectivity index (χ0v) is 12.6. The molecule has 1 unspecified atom stereocenters. The highest BCUT2D eigenvalue weighted by Crippen LogP contribution is 2.37. The van der Waals surface area contributed by atoms with Crippen LogP contribution in [0, 0.1) is 0 Å². The fourth-order valence-corrected chi connectivity index (χ4v) is 3.12. The number of halogens is 1. The molecule has 1 aliphatic heterocycles. The van der Waals surface area contributed by atoms with Crippen LogP contribution in [0.3, 0.4) is 0 Å².